The highest BCUT2D eigenvalue weighted by atomic mass is 15.0. The molecule has 5 nitrogen and oxygen atoms in total. The lowest BCUT2D eigenvalue weighted by atomic mass is 9.93. The van der Waals surface area contributed by atoms with Gasteiger partial charge in [0.25, 0.3) is 0 Å². The Bertz CT molecular complexity index is 2840. The van der Waals surface area contributed by atoms with Crippen LogP contribution in [0.25, 0.3) is 55.3 Å². The Hall–Kier alpha value is -7.50. The third-order valence-corrected chi connectivity index (χ3v) is 9.96. The molecular weight excluding hydrogens is 695 g/mol. The summed E-state index contributed by atoms with van der Waals surface area (Å²) in [6, 6.07) is 59.6. The van der Waals surface area contributed by atoms with Crippen LogP contribution in [-0.2, 0) is 6.54 Å². The zero-order valence-electron chi connectivity index (χ0n) is 31.8. The molecule has 0 saturated carbocycles. The fourth-order valence-corrected chi connectivity index (χ4v) is 6.92. The first kappa shape index (κ1) is 36.5. The lowest BCUT2D eigenvalue weighted by Gasteiger charge is -2.15. The summed E-state index contributed by atoms with van der Waals surface area (Å²) in [5.74, 6) is 1.61. The van der Waals surface area contributed by atoms with Crippen molar-refractivity contribution in [1.82, 2.24) is 9.97 Å². The average Bonchev–Trinajstić information content (AvgIpc) is 3.28. The molecule has 0 aliphatic carbocycles. The van der Waals surface area contributed by atoms with Gasteiger partial charge < -0.3 is 5.73 Å². The quantitative estimate of drug-likeness (QED) is 0.0863. The average molecular weight is 736 g/mol. The second-order valence-electron chi connectivity index (χ2n) is 13.8. The maximum atomic E-state index is 6.71. The monoisotopic (exact) mass is 735 g/mol. The van der Waals surface area contributed by atoms with E-state index in [-0.39, 0.29) is 0 Å². The van der Waals surface area contributed by atoms with Gasteiger partial charge in [0.15, 0.2) is 11.7 Å². The van der Waals surface area contributed by atoms with Gasteiger partial charge in [-0.3, -0.25) is 4.99 Å². The van der Waals surface area contributed by atoms with E-state index < -0.39 is 0 Å². The first-order valence-electron chi connectivity index (χ1n) is 19.0. The molecule has 0 aliphatic rings. The molecule has 5 heteroatoms. The van der Waals surface area contributed by atoms with Crippen molar-refractivity contribution in [1.29, 1.82) is 0 Å². The fourth-order valence-electron chi connectivity index (χ4n) is 6.92. The van der Waals surface area contributed by atoms with Gasteiger partial charge in [0.05, 0.1) is 17.9 Å². The van der Waals surface area contributed by atoms with Crippen LogP contribution < -0.4 is 5.73 Å². The number of aliphatic imine (C=N–C) groups is 2. The Labute approximate surface area is 333 Å². The van der Waals surface area contributed by atoms with E-state index in [2.05, 4.69) is 123 Å². The molecule has 1 aromatic heterocycles. The van der Waals surface area contributed by atoms with Crippen molar-refractivity contribution < 1.29 is 0 Å². The molecular formula is C52H41N5. The van der Waals surface area contributed by atoms with Crippen LogP contribution >= 0.6 is 0 Å². The number of allylic oxidation sites excluding steroid dienone is 5. The number of benzene rings is 7. The normalized spacial score (nSPS) is 12.6. The highest BCUT2D eigenvalue weighted by molar-refractivity contribution is 6.18. The van der Waals surface area contributed by atoms with Gasteiger partial charge in [-0.25, -0.2) is 15.0 Å². The Balaban J connectivity index is 1.26. The van der Waals surface area contributed by atoms with Gasteiger partial charge in [-0.1, -0.05) is 189 Å². The van der Waals surface area contributed by atoms with E-state index in [1.54, 1.807) is 0 Å². The predicted molar refractivity (Wildman–Crippen MR) is 240 cm³/mol. The first-order chi connectivity index (χ1) is 28.0. The van der Waals surface area contributed by atoms with Crippen LogP contribution in [0.1, 0.15) is 34.9 Å². The number of fused-ring (bicyclic) bond motifs is 2. The highest BCUT2D eigenvalue weighted by Crippen LogP contribution is 2.31. The maximum Gasteiger partial charge on any atom is 0.160 e. The topological polar surface area (TPSA) is 76.5 Å². The molecule has 274 valence electrons. The Morgan fingerprint density at radius 1 is 0.632 bits per heavy atom. The van der Waals surface area contributed by atoms with Crippen molar-refractivity contribution in [2.24, 2.45) is 15.7 Å². The molecule has 0 amide bonds. The van der Waals surface area contributed by atoms with Crippen molar-refractivity contribution in [3.05, 3.63) is 229 Å². The van der Waals surface area contributed by atoms with Crippen LogP contribution in [0.3, 0.4) is 0 Å². The molecule has 0 spiro atoms. The lowest BCUT2D eigenvalue weighted by Crippen LogP contribution is -2.17. The molecule has 0 saturated heterocycles. The number of nitrogens with zero attached hydrogens (tertiary/aromatic N) is 4. The number of aromatic nitrogens is 2. The van der Waals surface area contributed by atoms with Gasteiger partial charge in [0.2, 0.25) is 0 Å². The number of rotatable bonds is 10. The number of nitrogens with two attached hydrogens (primary N) is 1. The van der Waals surface area contributed by atoms with Gasteiger partial charge in [0.1, 0.15) is 5.84 Å². The molecule has 7 aromatic carbocycles. The summed E-state index contributed by atoms with van der Waals surface area (Å²) in [5.41, 5.74) is 16.0. The molecule has 0 aliphatic heterocycles. The number of hydrogen-bond acceptors (Lipinski definition) is 3. The Kier molecular flexibility index (Phi) is 10.8. The molecule has 0 unspecified atom stereocenters. The van der Waals surface area contributed by atoms with E-state index in [0.717, 1.165) is 72.1 Å². The van der Waals surface area contributed by atoms with Crippen molar-refractivity contribution >= 4 is 44.4 Å². The summed E-state index contributed by atoms with van der Waals surface area (Å²) in [4.78, 5) is 20.4. The summed E-state index contributed by atoms with van der Waals surface area (Å²) in [6.45, 7) is 6.79. The van der Waals surface area contributed by atoms with Crippen molar-refractivity contribution in [3.63, 3.8) is 0 Å². The third kappa shape index (κ3) is 8.29. The van der Waals surface area contributed by atoms with Crippen LogP contribution in [-0.4, -0.2) is 21.6 Å². The molecule has 0 bridgehead atoms. The van der Waals surface area contributed by atoms with Crippen LogP contribution in [0.5, 0.6) is 0 Å². The van der Waals surface area contributed by atoms with Gasteiger partial charge in [-0.2, -0.15) is 0 Å². The predicted octanol–water partition coefficient (Wildman–Crippen LogP) is 12.1. The second-order valence-corrected chi connectivity index (χ2v) is 13.8. The maximum absolute atomic E-state index is 6.71. The number of amidine groups is 2. The van der Waals surface area contributed by atoms with E-state index in [1.165, 1.54) is 5.39 Å². The van der Waals surface area contributed by atoms with E-state index in [9.17, 15) is 0 Å². The zero-order chi connectivity index (χ0) is 39.0. The van der Waals surface area contributed by atoms with E-state index in [0.29, 0.717) is 24.0 Å². The lowest BCUT2D eigenvalue weighted by molar-refractivity contribution is 1.06. The molecule has 0 fully saturated rings. The van der Waals surface area contributed by atoms with Crippen LogP contribution in [0.2, 0.25) is 0 Å². The highest BCUT2D eigenvalue weighted by Gasteiger charge is 2.17. The second kappa shape index (κ2) is 16.9. The van der Waals surface area contributed by atoms with Crippen molar-refractivity contribution in [2.45, 2.75) is 13.5 Å². The molecule has 8 rings (SSSR count). The molecule has 57 heavy (non-hydrogen) atoms. The van der Waals surface area contributed by atoms with Crippen molar-refractivity contribution in [3.8, 4) is 22.6 Å². The number of hydrogen-bond donors (Lipinski definition) is 1. The van der Waals surface area contributed by atoms with Crippen LogP contribution in [0.15, 0.2) is 211 Å². The standard InChI is InChI=1S/C52H41N5/c1-3-38(47-34-48(41-21-9-5-10-22-41)56-51(55-47)44-30-29-39-19-13-14-25-43(39)33-44)28-27-36(2)45-32-31-40-20-15-16-26-46(40)49(45)52(54-35-37-17-7-4-8-18-37)57-50(53)42-23-11-6-12-24-42/h3-34H,1,35H2,2H3,(H2,53,54,57)/b36-27+,38-28+. The summed E-state index contributed by atoms with van der Waals surface area (Å²) in [7, 11) is 0. The van der Waals surface area contributed by atoms with Gasteiger partial charge in [-0.05, 0) is 62.9 Å². The Morgan fingerprint density at radius 2 is 1.28 bits per heavy atom. The third-order valence-electron chi connectivity index (χ3n) is 9.96. The van der Waals surface area contributed by atoms with Gasteiger partial charge in [0, 0.05) is 22.3 Å². The first-order valence-corrected chi connectivity index (χ1v) is 19.0. The van der Waals surface area contributed by atoms with E-state index >= 15 is 0 Å². The van der Waals surface area contributed by atoms with E-state index in [1.807, 2.05) is 84.9 Å². The van der Waals surface area contributed by atoms with Gasteiger partial charge >= 0.3 is 0 Å². The smallest absolute Gasteiger partial charge is 0.160 e. The van der Waals surface area contributed by atoms with Gasteiger partial charge in [-0.15, -0.1) is 0 Å². The minimum Gasteiger partial charge on any atom is -0.383 e. The largest absolute Gasteiger partial charge is 0.383 e. The minimum atomic E-state index is 0.400. The molecule has 8 aromatic rings. The van der Waals surface area contributed by atoms with Crippen molar-refractivity contribution in [2.75, 3.05) is 0 Å². The molecule has 0 radical (unpaired) electrons. The van der Waals surface area contributed by atoms with Crippen LogP contribution in [0.4, 0.5) is 0 Å². The molecule has 0 atom stereocenters. The SMILES string of the molecule is C=C/C(=C\C=C(/C)c1ccc2ccccc2c1C(/N=C(\N)c1ccccc1)=N/Cc1ccccc1)c1cc(-c2ccccc2)nc(-c2ccc3ccccc3c2)n1. The minimum absolute atomic E-state index is 0.400. The summed E-state index contributed by atoms with van der Waals surface area (Å²) in [5, 5.41) is 4.43. The van der Waals surface area contributed by atoms with E-state index in [4.69, 9.17) is 25.7 Å². The fraction of sp³-hybridized carbons (Fsp3) is 0.0385. The summed E-state index contributed by atoms with van der Waals surface area (Å²) < 4.78 is 0. The Morgan fingerprint density at radius 3 is 2.04 bits per heavy atom. The summed E-state index contributed by atoms with van der Waals surface area (Å²) >= 11 is 0. The zero-order valence-corrected chi connectivity index (χ0v) is 31.8. The molecule has 1 heterocycles. The summed E-state index contributed by atoms with van der Waals surface area (Å²) in [6.07, 6.45) is 6.04. The van der Waals surface area contributed by atoms with Crippen LogP contribution in [0, 0.1) is 0 Å². The molecule has 2 N–H and O–H groups in total.